The molecule has 0 bridgehead atoms. The zero-order valence-corrected chi connectivity index (χ0v) is 12.1. The van der Waals surface area contributed by atoms with Crippen LogP contribution >= 0.6 is 0 Å². The first-order chi connectivity index (χ1) is 10.0. The Labute approximate surface area is 123 Å². The highest BCUT2D eigenvalue weighted by Crippen LogP contribution is 2.22. The van der Waals surface area contributed by atoms with Gasteiger partial charge in [0, 0.05) is 11.8 Å². The molecular formula is C15H21NO5. The van der Waals surface area contributed by atoms with Crippen molar-refractivity contribution >= 4 is 17.7 Å². The van der Waals surface area contributed by atoms with E-state index in [0.717, 1.165) is 25.7 Å². The minimum atomic E-state index is -1.23. The van der Waals surface area contributed by atoms with Gasteiger partial charge in [0.2, 0.25) is 0 Å². The van der Waals surface area contributed by atoms with Gasteiger partial charge in [-0.05, 0) is 18.6 Å². The average molecular weight is 295 g/mol. The van der Waals surface area contributed by atoms with E-state index < -0.39 is 17.8 Å². The summed E-state index contributed by atoms with van der Waals surface area (Å²) in [5.74, 6) is -1.63. The fourth-order valence-electron chi connectivity index (χ4n) is 1.81. The Morgan fingerprint density at radius 3 is 2.52 bits per heavy atom. The van der Waals surface area contributed by atoms with Crippen molar-refractivity contribution in [1.29, 1.82) is 0 Å². The summed E-state index contributed by atoms with van der Waals surface area (Å²) in [6.45, 7) is 2.48. The molecule has 0 atom stereocenters. The van der Waals surface area contributed by atoms with Gasteiger partial charge in [-0.3, -0.25) is 5.32 Å². The molecule has 6 nitrogen and oxygen atoms in total. The van der Waals surface area contributed by atoms with Crippen LogP contribution in [0.4, 0.5) is 10.5 Å². The van der Waals surface area contributed by atoms with Crippen molar-refractivity contribution in [3.05, 3.63) is 23.8 Å². The molecule has 0 aromatic heterocycles. The van der Waals surface area contributed by atoms with Crippen LogP contribution in [-0.4, -0.2) is 28.9 Å². The van der Waals surface area contributed by atoms with Gasteiger partial charge in [0.1, 0.15) is 11.3 Å². The average Bonchev–Trinajstić information content (AvgIpc) is 2.42. The van der Waals surface area contributed by atoms with Crippen molar-refractivity contribution in [2.75, 3.05) is 11.9 Å². The molecule has 0 aliphatic carbocycles. The Balaban J connectivity index is 2.34. The van der Waals surface area contributed by atoms with Crippen molar-refractivity contribution in [2.24, 2.45) is 0 Å². The number of aromatic carboxylic acids is 1. The van der Waals surface area contributed by atoms with Crippen LogP contribution in [0.15, 0.2) is 18.2 Å². The van der Waals surface area contributed by atoms with Crippen LogP contribution in [0.3, 0.4) is 0 Å². The first-order valence-electron chi connectivity index (χ1n) is 7.04. The van der Waals surface area contributed by atoms with Crippen LogP contribution < -0.4 is 5.32 Å². The normalized spacial score (nSPS) is 10.1. The van der Waals surface area contributed by atoms with Gasteiger partial charge in [0.05, 0.1) is 6.61 Å². The van der Waals surface area contributed by atoms with Crippen LogP contribution in [0, 0.1) is 0 Å². The van der Waals surface area contributed by atoms with E-state index in [-0.39, 0.29) is 11.3 Å². The molecule has 0 fully saturated rings. The van der Waals surface area contributed by atoms with E-state index in [2.05, 4.69) is 12.2 Å². The predicted molar refractivity (Wildman–Crippen MR) is 78.8 cm³/mol. The lowest BCUT2D eigenvalue weighted by molar-refractivity contribution is 0.0693. The molecule has 0 radical (unpaired) electrons. The molecule has 0 heterocycles. The van der Waals surface area contributed by atoms with E-state index in [4.69, 9.17) is 9.84 Å². The first-order valence-corrected chi connectivity index (χ1v) is 7.04. The molecule has 21 heavy (non-hydrogen) atoms. The van der Waals surface area contributed by atoms with E-state index in [1.54, 1.807) is 0 Å². The zero-order valence-electron chi connectivity index (χ0n) is 12.1. The quantitative estimate of drug-likeness (QED) is 0.637. The second-order valence-electron chi connectivity index (χ2n) is 4.71. The van der Waals surface area contributed by atoms with Gasteiger partial charge >= 0.3 is 12.1 Å². The number of hydrogen-bond donors (Lipinski definition) is 3. The lowest BCUT2D eigenvalue weighted by Gasteiger charge is -2.08. The minimum Gasteiger partial charge on any atom is -0.507 e. The smallest absolute Gasteiger partial charge is 0.411 e. The molecule has 0 saturated heterocycles. The van der Waals surface area contributed by atoms with Gasteiger partial charge < -0.3 is 14.9 Å². The van der Waals surface area contributed by atoms with Crippen LogP contribution in [0.2, 0.25) is 0 Å². The van der Waals surface area contributed by atoms with E-state index in [1.807, 2.05) is 0 Å². The number of ether oxygens (including phenoxy) is 1. The predicted octanol–water partition coefficient (Wildman–Crippen LogP) is 3.61. The number of unbranched alkanes of at least 4 members (excludes halogenated alkanes) is 4. The summed E-state index contributed by atoms with van der Waals surface area (Å²) in [5, 5.41) is 20.7. The molecule has 1 rings (SSSR count). The molecule has 6 heteroatoms. The Morgan fingerprint density at radius 1 is 1.19 bits per heavy atom. The number of aromatic hydroxyl groups is 1. The molecule has 3 N–H and O–H groups in total. The van der Waals surface area contributed by atoms with Gasteiger partial charge in [0.25, 0.3) is 0 Å². The third-order valence-corrected chi connectivity index (χ3v) is 2.96. The summed E-state index contributed by atoms with van der Waals surface area (Å²) >= 11 is 0. The molecule has 1 aromatic carbocycles. The number of phenols is 1. The van der Waals surface area contributed by atoms with Gasteiger partial charge in [-0.25, -0.2) is 9.59 Å². The maximum Gasteiger partial charge on any atom is 0.411 e. The van der Waals surface area contributed by atoms with Crippen molar-refractivity contribution in [3.63, 3.8) is 0 Å². The maximum absolute atomic E-state index is 11.5. The Bertz CT molecular complexity index is 487. The molecule has 0 aliphatic heterocycles. The molecule has 116 valence electrons. The Kier molecular flexibility index (Phi) is 7.08. The van der Waals surface area contributed by atoms with Crippen LogP contribution in [0.5, 0.6) is 5.75 Å². The van der Waals surface area contributed by atoms with E-state index in [9.17, 15) is 14.7 Å². The fourth-order valence-corrected chi connectivity index (χ4v) is 1.81. The van der Waals surface area contributed by atoms with Gasteiger partial charge in [0.15, 0.2) is 0 Å². The number of carboxylic acids is 1. The summed E-state index contributed by atoms with van der Waals surface area (Å²) in [5.41, 5.74) is 0.0679. The van der Waals surface area contributed by atoms with Crippen LogP contribution in [0.25, 0.3) is 0 Å². The number of amides is 1. The number of benzene rings is 1. The first kappa shape index (κ1) is 16.8. The number of carbonyl (C=O) groups is 2. The SMILES string of the molecule is CCCCCCCOC(=O)Nc1ccc(C(=O)O)c(O)c1. The second kappa shape index (κ2) is 8.84. The lowest BCUT2D eigenvalue weighted by Crippen LogP contribution is -2.14. The fraction of sp³-hybridized carbons (Fsp3) is 0.467. The molecule has 0 aliphatic rings. The van der Waals surface area contributed by atoms with Gasteiger partial charge in [-0.2, -0.15) is 0 Å². The molecular weight excluding hydrogens is 274 g/mol. The highest BCUT2D eigenvalue weighted by molar-refractivity contribution is 5.92. The summed E-state index contributed by atoms with van der Waals surface area (Å²) in [6, 6.07) is 3.79. The second-order valence-corrected chi connectivity index (χ2v) is 4.71. The van der Waals surface area contributed by atoms with E-state index in [1.165, 1.54) is 24.6 Å². The summed E-state index contributed by atoms with van der Waals surface area (Å²) in [6.07, 6.45) is 4.70. The van der Waals surface area contributed by atoms with Crippen molar-refractivity contribution in [2.45, 2.75) is 39.0 Å². The number of rotatable bonds is 8. The lowest BCUT2D eigenvalue weighted by atomic mass is 10.2. The highest BCUT2D eigenvalue weighted by atomic mass is 16.5. The van der Waals surface area contributed by atoms with Crippen molar-refractivity contribution in [1.82, 2.24) is 0 Å². The van der Waals surface area contributed by atoms with Gasteiger partial charge in [-0.15, -0.1) is 0 Å². The third kappa shape index (κ3) is 6.16. The molecule has 0 unspecified atom stereocenters. The zero-order chi connectivity index (χ0) is 15.7. The molecule has 1 aromatic rings. The Morgan fingerprint density at radius 2 is 1.90 bits per heavy atom. The van der Waals surface area contributed by atoms with Crippen molar-refractivity contribution in [3.8, 4) is 5.75 Å². The number of anilines is 1. The highest BCUT2D eigenvalue weighted by Gasteiger charge is 2.11. The Hall–Kier alpha value is -2.24. The van der Waals surface area contributed by atoms with Crippen LogP contribution in [0.1, 0.15) is 49.4 Å². The van der Waals surface area contributed by atoms with Crippen LogP contribution in [-0.2, 0) is 4.74 Å². The number of carbonyl (C=O) groups excluding carboxylic acids is 1. The van der Waals surface area contributed by atoms with E-state index in [0.29, 0.717) is 6.61 Å². The number of nitrogens with one attached hydrogen (secondary N) is 1. The summed E-state index contributed by atoms with van der Waals surface area (Å²) in [4.78, 5) is 22.2. The monoisotopic (exact) mass is 295 g/mol. The molecule has 1 amide bonds. The number of hydrogen-bond acceptors (Lipinski definition) is 4. The standard InChI is InChI=1S/C15H21NO5/c1-2-3-4-5-6-9-21-15(20)16-11-7-8-12(14(18)19)13(17)10-11/h7-8,10,17H,2-6,9H2,1H3,(H,16,20)(H,18,19). The van der Waals surface area contributed by atoms with Crippen molar-refractivity contribution < 1.29 is 24.5 Å². The molecule has 0 spiro atoms. The summed E-state index contributed by atoms with van der Waals surface area (Å²) < 4.78 is 5.00. The minimum absolute atomic E-state index is 0.218. The third-order valence-electron chi connectivity index (χ3n) is 2.96. The molecule has 0 saturated carbocycles. The number of carboxylic acid groups (broad SMARTS) is 1. The largest absolute Gasteiger partial charge is 0.507 e. The van der Waals surface area contributed by atoms with E-state index >= 15 is 0 Å². The summed E-state index contributed by atoms with van der Waals surface area (Å²) in [7, 11) is 0. The maximum atomic E-state index is 11.5. The topological polar surface area (TPSA) is 95.9 Å². The van der Waals surface area contributed by atoms with Gasteiger partial charge in [-0.1, -0.05) is 32.6 Å².